The van der Waals surface area contributed by atoms with Crippen LogP contribution >= 0.6 is 0 Å². The number of hydrogen-bond donors (Lipinski definition) is 1. The van der Waals surface area contributed by atoms with Crippen LogP contribution in [0.1, 0.15) is 25.3 Å². The summed E-state index contributed by atoms with van der Waals surface area (Å²) in [5.41, 5.74) is 2.27. The van der Waals surface area contributed by atoms with E-state index >= 15 is 0 Å². The Morgan fingerprint density at radius 3 is 2.69 bits per heavy atom. The quantitative estimate of drug-likeness (QED) is 0.832. The highest BCUT2D eigenvalue weighted by atomic mass is 16.3. The monoisotopic (exact) mass is 213 g/mol. The van der Waals surface area contributed by atoms with Gasteiger partial charge in [0.2, 0.25) is 0 Å². The summed E-state index contributed by atoms with van der Waals surface area (Å²) in [6.07, 6.45) is 3.73. The smallest absolute Gasteiger partial charge is 0.0704 e. The van der Waals surface area contributed by atoms with E-state index in [4.69, 9.17) is 0 Å². The van der Waals surface area contributed by atoms with Crippen LogP contribution in [0.4, 0.5) is 0 Å². The van der Waals surface area contributed by atoms with E-state index in [0.717, 1.165) is 18.4 Å². The molecule has 1 aromatic heterocycles. The summed E-state index contributed by atoms with van der Waals surface area (Å²) < 4.78 is 0. The van der Waals surface area contributed by atoms with Crippen molar-refractivity contribution in [3.63, 3.8) is 0 Å². The van der Waals surface area contributed by atoms with Gasteiger partial charge in [-0.15, -0.1) is 0 Å². The number of aliphatic hydroxyl groups is 1. The molecule has 1 aliphatic carbocycles. The highest BCUT2D eigenvalue weighted by molar-refractivity contribution is 5.83. The maximum Gasteiger partial charge on any atom is 0.0704 e. The molecule has 0 spiro atoms. The third-order valence-corrected chi connectivity index (χ3v) is 3.77. The number of hydrogen-bond acceptors (Lipinski definition) is 2. The van der Waals surface area contributed by atoms with Crippen molar-refractivity contribution in [1.29, 1.82) is 0 Å². The molecular weight excluding hydrogens is 198 g/mol. The van der Waals surface area contributed by atoms with Gasteiger partial charge in [0.05, 0.1) is 11.6 Å². The van der Waals surface area contributed by atoms with Gasteiger partial charge in [-0.3, -0.25) is 4.98 Å². The molecule has 1 heterocycles. The zero-order chi connectivity index (χ0) is 11.2. The molecule has 0 radical (unpaired) electrons. The first-order valence-corrected chi connectivity index (χ1v) is 5.76. The fourth-order valence-electron chi connectivity index (χ4n) is 2.58. The van der Waals surface area contributed by atoms with Crippen LogP contribution in [0.25, 0.3) is 10.9 Å². The summed E-state index contributed by atoms with van der Waals surface area (Å²) in [4.78, 5) is 4.36. The Bertz CT molecular complexity index is 524. The van der Waals surface area contributed by atoms with Crippen molar-refractivity contribution in [2.24, 2.45) is 0 Å². The lowest BCUT2D eigenvalue weighted by Gasteiger charge is -2.20. The van der Waals surface area contributed by atoms with E-state index in [1.807, 2.05) is 31.3 Å². The first-order chi connectivity index (χ1) is 7.74. The second kappa shape index (κ2) is 3.29. The van der Waals surface area contributed by atoms with Crippen LogP contribution in [-0.2, 0) is 5.41 Å². The summed E-state index contributed by atoms with van der Waals surface area (Å²) in [5.74, 6) is 0. The molecular formula is C14H15NO. The van der Waals surface area contributed by atoms with E-state index in [9.17, 15) is 5.11 Å². The van der Waals surface area contributed by atoms with Crippen LogP contribution in [0.2, 0.25) is 0 Å². The second-order valence-corrected chi connectivity index (χ2v) is 4.71. The van der Waals surface area contributed by atoms with Gasteiger partial charge in [-0.2, -0.15) is 0 Å². The van der Waals surface area contributed by atoms with Crippen LogP contribution in [0.3, 0.4) is 0 Å². The lowest BCUT2D eigenvalue weighted by Crippen LogP contribution is -2.22. The molecule has 0 bridgehead atoms. The summed E-state index contributed by atoms with van der Waals surface area (Å²) in [6, 6.07) is 10.2. The topological polar surface area (TPSA) is 33.1 Å². The van der Waals surface area contributed by atoms with Gasteiger partial charge in [0, 0.05) is 17.0 Å². The molecule has 1 atom stereocenters. The minimum Gasteiger partial charge on any atom is -0.392 e. The number of aliphatic hydroxyl groups excluding tert-OH is 1. The SMILES string of the molecule is CC(O)C1(c2ccnc3ccccc23)CC1. The van der Waals surface area contributed by atoms with Crippen LogP contribution in [0.5, 0.6) is 0 Å². The molecule has 1 aromatic carbocycles. The van der Waals surface area contributed by atoms with E-state index in [2.05, 4.69) is 17.1 Å². The van der Waals surface area contributed by atoms with Gasteiger partial charge in [-0.05, 0) is 37.5 Å². The Morgan fingerprint density at radius 2 is 2.00 bits per heavy atom. The molecule has 1 fully saturated rings. The molecule has 1 saturated carbocycles. The van der Waals surface area contributed by atoms with Crippen molar-refractivity contribution in [2.45, 2.75) is 31.3 Å². The molecule has 3 rings (SSSR count). The Labute approximate surface area is 94.9 Å². The molecule has 2 aromatic rings. The number of para-hydroxylation sites is 1. The van der Waals surface area contributed by atoms with Gasteiger partial charge in [0.25, 0.3) is 0 Å². The van der Waals surface area contributed by atoms with Crippen molar-refractivity contribution < 1.29 is 5.11 Å². The van der Waals surface area contributed by atoms with E-state index < -0.39 is 0 Å². The van der Waals surface area contributed by atoms with E-state index in [0.29, 0.717) is 0 Å². The zero-order valence-electron chi connectivity index (χ0n) is 9.35. The number of rotatable bonds is 2. The van der Waals surface area contributed by atoms with E-state index in [-0.39, 0.29) is 11.5 Å². The minimum absolute atomic E-state index is 0.0114. The Balaban J connectivity index is 2.25. The van der Waals surface area contributed by atoms with Crippen LogP contribution in [0, 0.1) is 0 Å². The molecule has 0 aliphatic heterocycles. The third kappa shape index (κ3) is 1.26. The van der Waals surface area contributed by atoms with Crippen LogP contribution < -0.4 is 0 Å². The fourth-order valence-corrected chi connectivity index (χ4v) is 2.58. The number of aromatic nitrogens is 1. The van der Waals surface area contributed by atoms with E-state index in [1.165, 1.54) is 10.9 Å². The van der Waals surface area contributed by atoms with Crippen molar-refractivity contribution >= 4 is 10.9 Å². The molecule has 82 valence electrons. The predicted molar refractivity (Wildman–Crippen MR) is 64.3 cm³/mol. The largest absolute Gasteiger partial charge is 0.392 e. The molecule has 2 heteroatoms. The minimum atomic E-state index is -0.279. The van der Waals surface area contributed by atoms with Crippen LogP contribution in [-0.4, -0.2) is 16.2 Å². The molecule has 1 aliphatic rings. The van der Waals surface area contributed by atoms with Crippen molar-refractivity contribution in [3.8, 4) is 0 Å². The van der Waals surface area contributed by atoms with Crippen molar-refractivity contribution in [3.05, 3.63) is 42.1 Å². The average molecular weight is 213 g/mol. The van der Waals surface area contributed by atoms with Crippen molar-refractivity contribution in [2.75, 3.05) is 0 Å². The molecule has 0 saturated heterocycles. The van der Waals surface area contributed by atoms with Gasteiger partial charge >= 0.3 is 0 Å². The van der Waals surface area contributed by atoms with E-state index in [1.54, 1.807) is 0 Å². The predicted octanol–water partition coefficient (Wildman–Crippen LogP) is 2.65. The zero-order valence-corrected chi connectivity index (χ0v) is 9.35. The van der Waals surface area contributed by atoms with Crippen LogP contribution in [0.15, 0.2) is 36.5 Å². The van der Waals surface area contributed by atoms with Gasteiger partial charge in [-0.25, -0.2) is 0 Å². The number of nitrogens with zero attached hydrogens (tertiary/aromatic N) is 1. The highest BCUT2D eigenvalue weighted by Crippen LogP contribution is 2.52. The molecule has 2 nitrogen and oxygen atoms in total. The highest BCUT2D eigenvalue weighted by Gasteiger charge is 2.49. The summed E-state index contributed by atoms with van der Waals surface area (Å²) in [6.45, 7) is 1.89. The molecule has 1 unspecified atom stereocenters. The summed E-state index contributed by atoms with van der Waals surface area (Å²) in [5, 5.41) is 11.1. The lowest BCUT2D eigenvalue weighted by molar-refractivity contribution is 0.151. The summed E-state index contributed by atoms with van der Waals surface area (Å²) in [7, 11) is 0. The first kappa shape index (κ1) is 9.79. The molecule has 0 amide bonds. The maximum absolute atomic E-state index is 9.94. The van der Waals surface area contributed by atoms with Gasteiger partial charge in [0.15, 0.2) is 0 Å². The lowest BCUT2D eigenvalue weighted by atomic mass is 9.88. The Kier molecular flexibility index (Phi) is 2.01. The normalized spacial score (nSPS) is 19.6. The standard InChI is InChI=1S/C14H15NO/c1-10(16)14(7-8-14)12-6-9-15-13-5-3-2-4-11(12)13/h2-6,9-10,16H,7-8H2,1H3. The summed E-state index contributed by atoms with van der Waals surface area (Å²) >= 11 is 0. The number of fused-ring (bicyclic) bond motifs is 1. The van der Waals surface area contributed by atoms with Gasteiger partial charge in [-0.1, -0.05) is 18.2 Å². The second-order valence-electron chi connectivity index (χ2n) is 4.71. The number of benzene rings is 1. The first-order valence-electron chi connectivity index (χ1n) is 5.76. The fraction of sp³-hybridized carbons (Fsp3) is 0.357. The Morgan fingerprint density at radius 1 is 1.25 bits per heavy atom. The average Bonchev–Trinajstić information content (AvgIpc) is 3.09. The van der Waals surface area contributed by atoms with Gasteiger partial charge < -0.3 is 5.11 Å². The van der Waals surface area contributed by atoms with Gasteiger partial charge in [0.1, 0.15) is 0 Å². The molecule has 16 heavy (non-hydrogen) atoms. The maximum atomic E-state index is 9.94. The van der Waals surface area contributed by atoms with Crippen molar-refractivity contribution in [1.82, 2.24) is 4.98 Å². The molecule has 1 N–H and O–H groups in total. The number of pyridine rings is 1. The third-order valence-electron chi connectivity index (χ3n) is 3.77. The Hall–Kier alpha value is -1.41.